The Balaban J connectivity index is 1.24. The fourth-order valence-electron chi connectivity index (χ4n) is 8.08. The minimum Gasteiger partial charge on any atom is -0.444 e. The minimum atomic E-state index is -3.84. The van der Waals surface area contributed by atoms with Gasteiger partial charge in [0.1, 0.15) is 12.1 Å². The van der Waals surface area contributed by atoms with Crippen molar-refractivity contribution < 1.29 is 37.1 Å². The van der Waals surface area contributed by atoms with E-state index in [1.807, 2.05) is 19.1 Å². The molecule has 0 radical (unpaired) electrons. The zero-order valence-corrected chi connectivity index (χ0v) is 30.5. The largest absolute Gasteiger partial charge is 0.444 e. The Morgan fingerprint density at radius 3 is 2.49 bits per heavy atom. The number of carbonyl (C=O) groups excluding carboxylic acids is 5. The molecule has 1 aromatic carbocycles. The molecule has 0 spiro atoms. The second kappa shape index (κ2) is 15.5. The van der Waals surface area contributed by atoms with Crippen molar-refractivity contribution in [2.45, 2.75) is 140 Å². The van der Waals surface area contributed by atoms with Crippen molar-refractivity contribution in [2.24, 2.45) is 11.3 Å². The van der Waals surface area contributed by atoms with Crippen LogP contribution in [0.15, 0.2) is 30.9 Å². The van der Waals surface area contributed by atoms with Gasteiger partial charge in [0, 0.05) is 32.4 Å². The number of hydrogen-bond acceptors (Lipinski definition) is 8. The highest BCUT2D eigenvalue weighted by Crippen LogP contribution is 2.57. The number of rotatable bonds is 10. The molecule has 4 amide bonds. The Morgan fingerprint density at radius 2 is 1.78 bits per heavy atom. The van der Waals surface area contributed by atoms with Crippen LogP contribution in [-0.4, -0.2) is 77.8 Å². The van der Waals surface area contributed by atoms with E-state index in [0.717, 1.165) is 49.7 Å². The predicted molar refractivity (Wildman–Crippen MR) is 189 cm³/mol. The Bertz CT molecular complexity index is 1660. The van der Waals surface area contributed by atoms with Crippen molar-refractivity contribution in [3.8, 4) is 0 Å². The smallest absolute Gasteiger partial charge is 0.410 e. The third-order valence-electron chi connectivity index (χ3n) is 11.4. The van der Waals surface area contributed by atoms with Crippen LogP contribution in [0.5, 0.6) is 0 Å². The summed E-state index contributed by atoms with van der Waals surface area (Å²) in [5.74, 6) is -2.18. The summed E-state index contributed by atoms with van der Waals surface area (Å²) in [7, 11) is -3.84. The van der Waals surface area contributed by atoms with E-state index in [-0.39, 0.29) is 31.7 Å². The summed E-state index contributed by atoms with van der Waals surface area (Å²) in [5.41, 5.74) is 2.16. The van der Waals surface area contributed by atoms with Gasteiger partial charge in [0.05, 0.1) is 23.3 Å². The van der Waals surface area contributed by atoms with Gasteiger partial charge in [-0.05, 0) is 67.6 Å². The molecule has 2 saturated carbocycles. The molecular formula is C38H52N4O8S. The fourth-order valence-corrected chi connectivity index (χ4v) is 9.46. The summed E-state index contributed by atoms with van der Waals surface area (Å²) >= 11 is 0. The predicted octanol–water partition coefficient (Wildman–Crippen LogP) is 4.44. The summed E-state index contributed by atoms with van der Waals surface area (Å²) in [6.45, 7) is 6.60. The minimum absolute atomic E-state index is 0.0353. The number of allylic oxidation sites excluding steroid dienone is 1. The molecule has 13 heteroatoms. The molecular weight excluding hydrogens is 673 g/mol. The number of sulfonamides is 1. The lowest BCUT2D eigenvalue weighted by atomic mass is 9.91. The van der Waals surface area contributed by atoms with Crippen LogP contribution in [0.1, 0.15) is 114 Å². The zero-order chi connectivity index (χ0) is 36.3. The van der Waals surface area contributed by atoms with Gasteiger partial charge >= 0.3 is 6.09 Å². The molecule has 0 unspecified atom stereocenters. The van der Waals surface area contributed by atoms with Crippen LogP contribution in [0.4, 0.5) is 4.79 Å². The van der Waals surface area contributed by atoms with Crippen LogP contribution in [0, 0.1) is 11.3 Å². The van der Waals surface area contributed by atoms with E-state index < -0.39 is 68.5 Å². The second-order valence-electron chi connectivity index (χ2n) is 15.2. The van der Waals surface area contributed by atoms with Gasteiger partial charge in [-0.25, -0.2) is 13.2 Å². The molecule has 12 nitrogen and oxygen atoms in total. The number of carbonyl (C=O) groups is 5. The SMILES string of the molecule is C=C[C@@H]1C[C@]1(CC(=O)[C@@H]1C[C@@H]2CN1C(=O)[C@H](CCCC)NC(=O)CCCCCCCc1cccc3c1CN(C3)C(=O)O2)C(=O)NS(=O)(=O)C1CC1. The van der Waals surface area contributed by atoms with Gasteiger partial charge in [-0.2, -0.15) is 0 Å². The molecule has 2 N–H and O–H groups in total. The Kier molecular flexibility index (Phi) is 11.2. The molecule has 3 fully saturated rings. The van der Waals surface area contributed by atoms with Crippen molar-refractivity contribution >= 4 is 39.6 Å². The molecule has 2 aliphatic carbocycles. The number of nitrogens with zero attached hydrogens (tertiary/aromatic N) is 2. The standard InChI is InChI=1S/C38H52N4O8S/c1-3-5-15-31-35(45)42-23-28(19-32(42)33(43)21-38(20-27(38)4-2)36(46)40-51(48,49)29-17-18-29)50-37(47)41-22-26-14-11-13-25(30(26)24-41)12-9-7-6-8-10-16-34(44)39-31/h4,11,13-14,27-29,31-32H,2-3,5-10,12,15-24H2,1H3,(H,39,44)(H,40,46)/t27-,28-,31+,32+,38-/m1/s1. The maximum Gasteiger partial charge on any atom is 0.410 e. The first-order valence-corrected chi connectivity index (χ1v) is 20.4. The van der Waals surface area contributed by atoms with Gasteiger partial charge in [-0.15, -0.1) is 6.58 Å². The average Bonchev–Trinajstić information content (AvgIpc) is 3.99. The van der Waals surface area contributed by atoms with Crippen molar-refractivity contribution in [1.29, 1.82) is 0 Å². The second-order valence-corrected chi connectivity index (χ2v) is 17.2. The quantitative estimate of drug-likeness (QED) is 0.335. The fraction of sp³-hybridized carbons (Fsp3) is 0.658. The number of fused-ring (bicyclic) bond motifs is 3. The molecule has 1 aromatic rings. The number of Topliss-reactive ketones (excluding diaryl/α,β-unsaturated/α-hetero) is 1. The number of hydrogen-bond donors (Lipinski definition) is 2. The summed E-state index contributed by atoms with van der Waals surface area (Å²) in [5, 5.41) is 2.33. The molecule has 5 atom stereocenters. The number of nitrogens with one attached hydrogen (secondary N) is 2. The van der Waals surface area contributed by atoms with Gasteiger partial charge in [0.2, 0.25) is 27.7 Å². The molecule has 51 heavy (non-hydrogen) atoms. The topological polar surface area (TPSA) is 159 Å². The molecule has 3 aliphatic heterocycles. The van der Waals surface area contributed by atoms with Crippen LogP contribution < -0.4 is 10.0 Å². The lowest BCUT2D eigenvalue weighted by molar-refractivity contribution is -0.142. The summed E-state index contributed by atoms with van der Waals surface area (Å²) in [6, 6.07) is 4.28. The third kappa shape index (κ3) is 8.34. The zero-order valence-electron chi connectivity index (χ0n) is 29.7. The highest BCUT2D eigenvalue weighted by molar-refractivity contribution is 7.90. The lowest BCUT2D eigenvalue weighted by Gasteiger charge is -2.29. The van der Waals surface area contributed by atoms with Crippen LogP contribution >= 0.6 is 0 Å². The lowest BCUT2D eigenvalue weighted by Crippen LogP contribution is -2.52. The van der Waals surface area contributed by atoms with E-state index in [1.165, 1.54) is 10.5 Å². The Morgan fingerprint density at radius 1 is 1.06 bits per heavy atom. The van der Waals surface area contributed by atoms with Gasteiger partial charge in [-0.3, -0.25) is 28.8 Å². The van der Waals surface area contributed by atoms with Crippen LogP contribution in [-0.2, 0) is 53.4 Å². The average molecular weight is 725 g/mol. The van der Waals surface area contributed by atoms with Gasteiger partial charge in [-0.1, -0.05) is 63.3 Å². The number of aryl methyl sites for hydroxylation is 1. The first-order valence-electron chi connectivity index (χ1n) is 18.8. The normalized spacial score (nSPS) is 28.8. The Labute approximate surface area is 301 Å². The third-order valence-corrected chi connectivity index (χ3v) is 13.2. The highest BCUT2D eigenvalue weighted by Gasteiger charge is 2.61. The van der Waals surface area contributed by atoms with Crippen molar-refractivity contribution in [2.75, 3.05) is 6.54 Å². The molecule has 3 heterocycles. The first-order chi connectivity index (χ1) is 24.5. The van der Waals surface area contributed by atoms with Crippen molar-refractivity contribution in [1.82, 2.24) is 19.8 Å². The maximum absolute atomic E-state index is 14.3. The van der Waals surface area contributed by atoms with Crippen molar-refractivity contribution in [3.63, 3.8) is 0 Å². The molecule has 0 aromatic heterocycles. The molecule has 1 saturated heterocycles. The Hall–Kier alpha value is -3.74. The molecule has 278 valence electrons. The van der Waals surface area contributed by atoms with E-state index in [9.17, 15) is 32.4 Å². The van der Waals surface area contributed by atoms with Crippen LogP contribution in [0.2, 0.25) is 0 Å². The number of unbranched alkanes of at least 4 members (excludes halogenated alkanes) is 1. The van der Waals surface area contributed by atoms with Crippen molar-refractivity contribution in [3.05, 3.63) is 47.5 Å². The molecule has 4 bridgehead atoms. The van der Waals surface area contributed by atoms with Gasteiger partial charge in [0.25, 0.3) is 0 Å². The summed E-state index contributed by atoms with van der Waals surface area (Å²) in [4.78, 5) is 71.8. The van der Waals surface area contributed by atoms with Gasteiger partial charge < -0.3 is 15.0 Å². The number of ketones is 1. The molecule has 5 aliphatic rings. The summed E-state index contributed by atoms with van der Waals surface area (Å²) < 4.78 is 33.6. The number of amides is 4. The van der Waals surface area contributed by atoms with E-state index in [0.29, 0.717) is 51.6 Å². The summed E-state index contributed by atoms with van der Waals surface area (Å²) in [6.07, 6.45) is 8.97. The van der Waals surface area contributed by atoms with Crippen LogP contribution in [0.3, 0.4) is 0 Å². The molecule has 6 rings (SSSR count). The monoisotopic (exact) mass is 724 g/mol. The van der Waals surface area contributed by atoms with E-state index >= 15 is 0 Å². The number of ether oxygens (including phenoxy) is 1. The van der Waals surface area contributed by atoms with Gasteiger partial charge in [0.15, 0.2) is 5.78 Å². The van der Waals surface area contributed by atoms with E-state index in [1.54, 1.807) is 11.0 Å². The van der Waals surface area contributed by atoms with E-state index in [2.05, 4.69) is 22.7 Å². The number of benzene rings is 1. The first kappa shape index (κ1) is 37.0. The highest BCUT2D eigenvalue weighted by atomic mass is 32.2. The van der Waals surface area contributed by atoms with Crippen LogP contribution in [0.25, 0.3) is 0 Å². The van der Waals surface area contributed by atoms with E-state index in [4.69, 9.17) is 4.74 Å². The maximum atomic E-state index is 14.3.